The molecule has 4 amide bonds. The van der Waals surface area contributed by atoms with Gasteiger partial charge in [-0.3, -0.25) is 19.2 Å². The van der Waals surface area contributed by atoms with E-state index in [-0.39, 0.29) is 33.4 Å². The van der Waals surface area contributed by atoms with Crippen LogP contribution in [-0.4, -0.2) is 45.8 Å². The van der Waals surface area contributed by atoms with E-state index in [0.29, 0.717) is 17.8 Å². The third-order valence-corrected chi connectivity index (χ3v) is 7.04. The first-order chi connectivity index (χ1) is 19.6. The summed E-state index contributed by atoms with van der Waals surface area (Å²) in [7, 11) is 0. The van der Waals surface area contributed by atoms with E-state index in [1.54, 1.807) is 42.5 Å². The number of carbonyl (C=O) groups is 6. The summed E-state index contributed by atoms with van der Waals surface area (Å²) in [5.41, 5.74) is 2.43. The zero-order chi connectivity index (χ0) is 29.0. The van der Waals surface area contributed by atoms with Gasteiger partial charge < -0.3 is 10.2 Å². The molecule has 0 atom stereocenters. The molecular formula is C31H18N2O8. The largest absolute Gasteiger partial charge is 0.478 e. The van der Waals surface area contributed by atoms with Gasteiger partial charge in [0.15, 0.2) is 0 Å². The second-order valence-electron chi connectivity index (χ2n) is 9.54. The van der Waals surface area contributed by atoms with Gasteiger partial charge in [-0.2, -0.15) is 0 Å². The van der Waals surface area contributed by atoms with Crippen LogP contribution >= 0.6 is 0 Å². The Kier molecular flexibility index (Phi) is 5.81. The first kappa shape index (κ1) is 25.4. The van der Waals surface area contributed by atoms with Crippen LogP contribution < -0.4 is 9.80 Å². The molecular weight excluding hydrogens is 528 g/mol. The van der Waals surface area contributed by atoms with Gasteiger partial charge >= 0.3 is 11.9 Å². The molecule has 2 heterocycles. The molecule has 6 rings (SSSR count). The van der Waals surface area contributed by atoms with Gasteiger partial charge in [-0.05, 0) is 78.2 Å². The molecule has 0 saturated heterocycles. The number of aromatic carboxylic acids is 2. The molecule has 10 nitrogen and oxygen atoms in total. The van der Waals surface area contributed by atoms with Crippen molar-refractivity contribution in [2.75, 3.05) is 9.80 Å². The maximum Gasteiger partial charge on any atom is 0.335 e. The van der Waals surface area contributed by atoms with E-state index in [1.165, 1.54) is 36.4 Å². The summed E-state index contributed by atoms with van der Waals surface area (Å²) >= 11 is 0. The maximum absolute atomic E-state index is 13.0. The van der Waals surface area contributed by atoms with Crippen LogP contribution in [0, 0.1) is 0 Å². The number of carbonyl (C=O) groups excluding carboxylic acids is 4. The van der Waals surface area contributed by atoms with Crippen molar-refractivity contribution in [3.63, 3.8) is 0 Å². The third-order valence-electron chi connectivity index (χ3n) is 7.04. The van der Waals surface area contributed by atoms with Gasteiger partial charge in [0.25, 0.3) is 23.6 Å². The minimum Gasteiger partial charge on any atom is -0.478 e. The molecule has 10 heteroatoms. The molecule has 4 aromatic carbocycles. The van der Waals surface area contributed by atoms with Gasteiger partial charge in [-0.25, -0.2) is 19.4 Å². The average Bonchev–Trinajstić information content (AvgIpc) is 3.37. The maximum atomic E-state index is 13.0. The Labute approximate surface area is 231 Å². The van der Waals surface area contributed by atoms with Crippen LogP contribution in [0.5, 0.6) is 0 Å². The van der Waals surface area contributed by atoms with Crippen molar-refractivity contribution >= 4 is 46.9 Å². The number of nitrogens with zero attached hydrogens (tertiary/aromatic N) is 2. The highest BCUT2D eigenvalue weighted by molar-refractivity contribution is 6.35. The summed E-state index contributed by atoms with van der Waals surface area (Å²) in [5.74, 6) is -4.69. The fourth-order valence-corrected chi connectivity index (χ4v) is 5.02. The van der Waals surface area contributed by atoms with Crippen LogP contribution in [0.4, 0.5) is 11.4 Å². The third kappa shape index (κ3) is 4.14. The smallest absolute Gasteiger partial charge is 0.335 e. The first-order valence-corrected chi connectivity index (χ1v) is 12.3. The normalized spacial score (nSPS) is 14.0. The Morgan fingerprint density at radius 3 is 1.51 bits per heavy atom. The minimum atomic E-state index is -1.20. The molecule has 0 radical (unpaired) electrons. The van der Waals surface area contributed by atoms with Gasteiger partial charge in [0.1, 0.15) is 0 Å². The number of fused-ring (bicyclic) bond motifs is 2. The second-order valence-corrected chi connectivity index (χ2v) is 9.54. The number of imide groups is 2. The molecule has 0 unspecified atom stereocenters. The molecule has 2 N–H and O–H groups in total. The van der Waals surface area contributed by atoms with E-state index in [4.69, 9.17) is 0 Å². The van der Waals surface area contributed by atoms with Crippen molar-refractivity contribution in [3.8, 4) is 0 Å². The van der Waals surface area contributed by atoms with E-state index >= 15 is 0 Å². The summed E-state index contributed by atoms with van der Waals surface area (Å²) in [6, 6.07) is 21.2. The highest BCUT2D eigenvalue weighted by atomic mass is 16.4. The van der Waals surface area contributed by atoms with Gasteiger partial charge in [-0.15, -0.1) is 0 Å². The summed E-state index contributed by atoms with van der Waals surface area (Å²) < 4.78 is 0. The number of anilines is 2. The number of hydrogen-bond donors (Lipinski definition) is 2. The van der Waals surface area contributed by atoms with Crippen LogP contribution in [0.3, 0.4) is 0 Å². The first-order valence-electron chi connectivity index (χ1n) is 12.3. The molecule has 0 aliphatic carbocycles. The lowest BCUT2D eigenvalue weighted by molar-refractivity contribution is 0.0686. The van der Waals surface area contributed by atoms with Crippen LogP contribution in [0.25, 0.3) is 0 Å². The summed E-state index contributed by atoms with van der Waals surface area (Å²) in [6.07, 6.45) is 0.407. The highest BCUT2D eigenvalue weighted by Gasteiger charge is 2.38. The predicted octanol–water partition coefficient (Wildman–Crippen LogP) is 4.28. The number of rotatable bonds is 6. The van der Waals surface area contributed by atoms with E-state index in [2.05, 4.69) is 0 Å². The fraction of sp³-hybridized carbons (Fsp3) is 0.0323. The van der Waals surface area contributed by atoms with Crippen LogP contribution in [0.2, 0.25) is 0 Å². The molecule has 4 aromatic rings. The topological polar surface area (TPSA) is 149 Å². The lowest BCUT2D eigenvalue weighted by Gasteiger charge is -2.16. The zero-order valence-corrected chi connectivity index (χ0v) is 21.0. The monoisotopic (exact) mass is 546 g/mol. The van der Waals surface area contributed by atoms with Gasteiger partial charge in [-0.1, -0.05) is 24.3 Å². The van der Waals surface area contributed by atoms with E-state index < -0.39 is 35.6 Å². The molecule has 0 spiro atoms. The van der Waals surface area contributed by atoms with E-state index in [9.17, 15) is 39.0 Å². The molecule has 0 aromatic heterocycles. The van der Waals surface area contributed by atoms with Crippen molar-refractivity contribution in [3.05, 3.63) is 129 Å². The molecule has 0 saturated carbocycles. The second kappa shape index (κ2) is 9.38. The summed E-state index contributed by atoms with van der Waals surface area (Å²) in [6.45, 7) is 0. The molecule has 2 aliphatic heterocycles. The molecule has 2 aliphatic rings. The standard InChI is InChI=1S/C31H18N2O8/c34-26-22-10-6-18(30(38)39)14-24(22)28(36)32(26)20-8-4-16(5-9-20)12-17-2-1-3-21(13-17)33-27(35)23-11-7-19(31(40)41)15-25(23)29(33)37/h1-11,13-15H,12H2,(H,38,39)(H,40,41). The molecule has 0 fully saturated rings. The molecule has 200 valence electrons. The zero-order valence-electron chi connectivity index (χ0n) is 21.0. The lowest BCUT2D eigenvalue weighted by Crippen LogP contribution is -2.29. The Morgan fingerprint density at radius 2 is 1.00 bits per heavy atom. The average molecular weight is 546 g/mol. The summed E-state index contributed by atoms with van der Waals surface area (Å²) in [5, 5.41) is 18.4. The van der Waals surface area contributed by atoms with Crippen molar-refractivity contribution in [1.29, 1.82) is 0 Å². The van der Waals surface area contributed by atoms with E-state index in [1.807, 2.05) is 6.07 Å². The summed E-state index contributed by atoms with van der Waals surface area (Å²) in [4.78, 5) is 76.4. The van der Waals surface area contributed by atoms with E-state index in [0.717, 1.165) is 20.9 Å². The fourth-order valence-electron chi connectivity index (χ4n) is 5.02. The van der Waals surface area contributed by atoms with Crippen molar-refractivity contribution in [1.82, 2.24) is 0 Å². The number of amides is 4. The number of benzene rings is 4. The number of hydrogen-bond acceptors (Lipinski definition) is 6. The SMILES string of the molecule is O=C(O)c1ccc2c(c1)C(=O)N(c1ccc(Cc3cccc(N4C(=O)c5ccc(C(=O)O)cc5C4=O)c3)cc1)C2=O. The minimum absolute atomic E-state index is 0.0307. The Bertz CT molecular complexity index is 1860. The number of carboxylic acid groups (broad SMARTS) is 2. The van der Waals surface area contributed by atoms with Gasteiger partial charge in [0.2, 0.25) is 0 Å². The Hall–Kier alpha value is -5.90. The highest BCUT2D eigenvalue weighted by Crippen LogP contribution is 2.32. The van der Waals surface area contributed by atoms with Crippen LogP contribution in [-0.2, 0) is 6.42 Å². The molecule has 41 heavy (non-hydrogen) atoms. The van der Waals surface area contributed by atoms with Gasteiger partial charge in [0, 0.05) is 0 Å². The van der Waals surface area contributed by atoms with Crippen LogP contribution in [0.15, 0.2) is 84.9 Å². The van der Waals surface area contributed by atoms with Crippen molar-refractivity contribution in [2.24, 2.45) is 0 Å². The Balaban J connectivity index is 1.21. The predicted molar refractivity (Wildman–Crippen MR) is 145 cm³/mol. The van der Waals surface area contributed by atoms with Crippen molar-refractivity contribution < 1.29 is 39.0 Å². The quantitative estimate of drug-likeness (QED) is 0.341. The lowest BCUT2D eigenvalue weighted by atomic mass is 10.0. The van der Waals surface area contributed by atoms with Crippen LogP contribution in [0.1, 0.15) is 73.3 Å². The van der Waals surface area contributed by atoms with Crippen molar-refractivity contribution in [2.45, 2.75) is 6.42 Å². The molecule has 0 bridgehead atoms. The Morgan fingerprint density at radius 1 is 0.512 bits per heavy atom. The number of carboxylic acids is 2. The van der Waals surface area contributed by atoms with Gasteiger partial charge in [0.05, 0.1) is 44.8 Å².